The van der Waals surface area contributed by atoms with Gasteiger partial charge in [0, 0.05) is 6.54 Å². The van der Waals surface area contributed by atoms with Crippen molar-refractivity contribution in [3.63, 3.8) is 0 Å². The smallest absolute Gasteiger partial charge is 0.147 e. The van der Waals surface area contributed by atoms with Crippen LogP contribution in [0.25, 0.3) is 11.0 Å². The van der Waals surface area contributed by atoms with Crippen molar-refractivity contribution in [2.45, 2.75) is 32.9 Å². The van der Waals surface area contributed by atoms with Gasteiger partial charge in [-0.25, -0.2) is 4.98 Å². The van der Waals surface area contributed by atoms with Gasteiger partial charge in [-0.2, -0.15) is 0 Å². The average molecular weight is 421 g/mol. The Hall–Kier alpha value is -2.98. The lowest BCUT2D eigenvalue weighted by atomic mass is 10.2. The molecule has 0 saturated heterocycles. The molecule has 0 amide bonds. The molecule has 0 aliphatic heterocycles. The number of nitrogens with zero attached hydrogens (tertiary/aromatic N) is 2. The van der Waals surface area contributed by atoms with Gasteiger partial charge in [0.15, 0.2) is 0 Å². The summed E-state index contributed by atoms with van der Waals surface area (Å²) < 4.78 is 14.1. The normalized spacial score (nSPS) is 11.0. The molecule has 0 atom stereocenters. The van der Waals surface area contributed by atoms with E-state index in [9.17, 15) is 0 Å². The predicted octanol–water partition coefficient (Wildman–Crippen LogP) is 6.30. The van der Waals surface area contributed by atoms with Gasteiger partial charge in [0.1, 0.15) is 23.9 Å². The number of para-hydroxylation sites is 3. The minimum atomic E-state index is 0.422. The van der Waals surface area contributed by atoms with E-state index in [2.05, 4.69) is 29.7 Å². The number of hydrogen-bond acceptors (Lipinski definition) is 3. The molecule has 1 heterocycles. The van der Waals surface area contributed by atoms with Crippen LogP contribution in [-0.2, 0) is 19.6 Å². The Morgan fingerprint density at radius 3 is 2.47 bits per heavy atom. The van der Waals surface area contributed by atoms with Gasteiger partial charge < -0.3 is 14.0 Å². The summed E-state index contributed by atoms with van der Waals surface area (Å²) in [5.74, 6) is 2.48. The largest absolute Gasteiger partial charge is 0.492 e. The van der Waals surface area contributed by atoms with E-state index >= 15 is 0 Å². The lowest BCUT2D eigenvalue weighted by Gasteiger charge is -2.12. The van der Waals surface area contributed by atoms with E-state index < -0.39 is 0 Å². The third-order valence-corrected chi connectivity index (χ3v) is 5.37. The summed E-state index contributed by atoms with van der Waals surface area (Å²) in [4.78, 5) is 4.79. The molecule has 0 aliphatic carbocycles. The van der Waals surface area contributed by atoms with E-state index in [0.717, 1.165) is 42.0 Å². The second-order valence-electron chi connectivity index (χ2n) is 7.09. The Bertz CT molecular complexity index is 1110. The van der Waals surface area contributed by atoms with E-state index in [0.29, 0.717) is 24.0 Å². The first-order chi connectivity index (χ1) is 14.7. The first-order valence-electron chi connectivity index (χ1n) is 10.3. The number of halogens is 1. The molecule has 5 heteroatoms. The molecular weight excluding hydrogens is 396 g/mol. The van der Waals surface area contributed by atoms with E-state index in [1.54, 1.807) is 0 Å². The summed E-state index contributed by atoms with van der Waals surface area (Å²) >= 11 is 6.17. The molecule has 0 radical (unpaired) electrons. The van der Waals surface area contributed by atoms with Crippen LogP contribution in [0.2, 0.25) is 5.02 Å². The van der Waals surface area contributed by atoms with Crippen LogP contribution in [0.4, 0.5) is 0 Å². The second kappa shape index (κ2) is 9.68. The van der Waals surface area contributed by atoms with Crippen molar-refractivity contribution in [1.29, 1.82) is 0 Å². The Morgan fingerprint density at radius 2 is 1.67 bits per heavy atom. The van der Waals surface area contributed by atoms with Gasteiger partial charge in [0.25, 0.3) is 0 Å². The molecule has 3 aromatic carbocycles. The van der Waals surface area contributed by atoms with Gasteiger partial charge in [-0.3, -0.25) is 0 Å². The standard InChI is InChI=1S/C25H25ClN2O2/c1-2-19-12-14-20(15-13-19)30-18-25-27-22-9-4-5-10-23(22)28(25)16-7-17-29-24-11-6-3-8-21(24)26/h3-6,8-15H,2,7,16-18H2,1H3. The highest BCUT2D eigenvalue weighted by Gasteiger charge is 2.11. The van der Waals surface area contributed by atoms with Crippen LogP contribution in [0.15, 0.2) is 72.8 Å². The van der Waals surface area contributed by atoms with E-state index in [4.69, 9.17) is 26.1 Å². The number of aromatic nitrogens is 2. The Morgan fingerprint density at radius 1 is 0.900 bits per heavy atom. The fraction of sp³-hybridized carbons (Fsp3) is 0.240. The average Bonchev–Trinajstić information content (AvgIpc) is 3.14. The second-order valence-corrected chi connectivity index (χ2v) is 7.49. The molecule has 0 bridgehead atoms. The molecule has 0 spiro atoms. The third kappa shape index (κ3) is 4.77. The summed E-state index contributed by atoms with van der Waals surface area (Å²) in [6.07, 6.45) is 1.86. The van der Waals surface area contributed by atoms with Crippen molar-refractivity contribution in [2.75, 3.05) is 6.61 Å². The molecule has 154 valence electrons. The van der Waals surface area contributed by atoms with Gasteiger partial charge in [-0.15, -0.1) is 0 Å². The number of imidazole rings is 1. The summed E-state index contributed by atoms with van der Waals surface area (Å²) in [6, 6.07) is 24.0. The highest BCUT2D eigenvalue weighted by Crippen LogP contribution is 2.24. The number of hydrogen-bond donors (Lipinski definition) is 0. The number of aryl methyl sites for hydroxylation is 2. The fourth-order valence-electron chi connectivity index (χ4n) is 3.42. The zero-order valence-corrected chi connectivity index (χ0v) is 17.8. The predicted molar refractivity (Wildman–Crippen MR) is 121 cm³/mol. The van der Waals surface area contributed by atoms with Crippen molar-refractivity contribution in [3.05, 3.63) is 89.2 Å². The zero-order valence-electron chi connectivity index (χ0n) is 17.1. The van der Waals surface area contributed by atoms with Crippen LogP contribution >= 0.6 is 11.6 Å². The van der Waals surface area contributed by atoms with Crippen LogP contribution in [-0.4, -0.2) is 16.2 Å². The number of benzene rings is 3. The number of rotatable bonds is 9. The Labute approximate surface area is 182 Å². The Kier molecular flexibility index (Phi) is 6.55. The van der Waals surface area contributed by atoms with Crippen molar-refractivity contribution < 1.29 is 9.47 Å². The molecule has 4 aromatic rings. The lowest BCUT2D eigenvalue weighted by molar-refractivity contribution is 0.280. The van der Waals surface area contributed by atoms with Gasteiger partial charge in [0.2, 0.25) is 0 Å². The van der Waals surface area contributed by atoms with Gasteiger partial charge in [-0.1, -0.05) is 54.9 Å². The fourth-order valence-corrected chi connectivity index (χ4v) is 3.61. The molecule has 0 N–H and O–H groups in total. The van der Waals surface area contributed by atoms with Crippen LogP contribution in [0.5, 0.6) is 11.5 Å². The maximum Gasteiger partial charge on any atom is 0.147 e. The van der Waals surface area contributed by atoms with Crippen molar-refractivity contribution >= 4 is 22.6 Å². The summed E-state index contributed by atoms with van der Waals surface area (Å²) in [6.45, 7) is 3.94. The SMILES string of the molecule is CCc1ccc(OCc2nc3ccccc3n2CCCOc2ccccc2Cl)cc1. The molecule has 0 fully saturated rings. The third-order valence-electron chi connectivity index (χ3n) is 5.05. The quantitative estimate of drug-likeness (QED) is 0.298. The molecule has 1 aromatic heterocycles. The van der Waals surface area contributed by atoms with Crippen LogP contribution in [0.3, 0.4) is 0 Å². The molecule has 0 saturated carbocycles. The maximum atomic E-state index is 6.17. The van der Waals surface area contributed by atoms with Crippen molar-refractivity contribution in [3.8, 4) is 11.5 Å². The first-order valence-corrected chi connectivity index (χ1v) is 10.7. The van der Waals surface area contributed by atoms with E-state index in [-0.39, 0.29) is 0 Å². The number of fused-ring (bicyclic) bond motifs is 1. The van der Waals surface area contributed by atoms with Crippen LogP contribution in [0.1, 0.15) is 24.7 Å². The monoisotopic (exact) mass is 420 g/mol. The van der Waals surface area contributed by atoms with E-state index in [1.165, 1.54) is 5.56 Å². The Balaban J connectivity index is 1.43. The van der Waals surface area contributed by atoms with Crippen molar-refractivity contribution in [1.82, 2.24) is 9.55 Å². The topological polar surface area (TPSA) is 36.3 Å². The summed E-state index contributed by atoms with van der Waals surface area (Å²) in [5, 5.41) is 0.633. The van der Waals surface area contributed by atoms with Gasteiger partial charge in [0.05, 0.1) is 22.7 Å². The van der Waals surface area contributed by atoms with Gasteiger partial charge in [-0.05, 0) is 54.8 Å². The lowest BCUT2D eigenvalue weighted by Crippen LogP contribution is -2.10. The molecule has 0 unspecified atom stereocenters. The molecule has 0 aliphatic rings. The molecule has 30 heavy (non-hydrogen) atoms. The summed E-state index contributed by atoms with van der Waals surface area (Å²) in [7, 11) is 0. The first kappa shape index (κ1) is 20.3. The molecule has 4 nitrogen and oxygen atoms in total. The zero-order chi connectivity index (χ0) is 20.8. The molecule has 4 rings (SSSR count). The maximum absolute atomic E-state index is 6.17. The minimum Gasteiger partial charge on any atom is -0.492 e. The van der Waals surface area contributed by atoms with Crippen molar-refractivity contribution in [2.24, 2.45) is 0 Å². The van der Waals surface area contributed by atoms with Crippen LogP contribution in [0, 0.1) is 0 Å². The van der Waals surface area contributed by atoms with E-state index in [1.807, 2.05) is 54.6 Å². The minimum absolute atomic E-state index is 0.422. The molecular formula is C25H25ClN2O2. The van der Waals surface area contributed by atoms with Gasteiger partial charge >= 0.3 is 0 Å². The highest BCUT2D eigenvalue weighted by molar-refractivity contribution is 6.32. The number of ether oxygens (including phenoxy) is 2. The van der Waals surface area contributed by atoms with Crippen LogP contribution < -0.4 is 9.47 Å². The highest BCUT2D eigenvalue weighted by atomic mass is 35.5. The summed E-state index contributed by atoms with van der Waals surface area (Å²) in [5.41, 5.74) is 3.38.